The van der Waals surface area contributed by atoms with Crippen LogP contribution < -0.4 is 5.73 Å². The molecular weight excluding hydrogens is 404 g/mol. The highest BCUT2D eigenvalue weighted by Gasteiger charge is 2.15. The van der Waals surface area contributed by atoms with E-state index in [0.717, 1.165) is 5.56 Å². The molecule has 0 amide bonds. The zero-order chi connectivity index (χ0) is 10.0. The van der Waals surface area contributed by atoms with E-state index < -0.39 is 6.43 Å². The molecule has 2 N–H and O–H groups in total. The topological polar surface area (TPSA) is 38.9 Å². The number of hydrogen-bond acceptors (Lipinski definition) is 2. The van der Waals surface area contributed by atoms with Crippen LogP contribution in [0.4, 0.5) is 8.78 Å². The van der Waals surface area contributed by atoms with Gasteiger partial charge in [0.25, 0.3) is 6.43 Å². The van der Waals surface area contributed by atoms with Crippen molar-refractivity contribution in [3.8, 4) is 0 Å². The lowest BCUT2D eigenvalue weighted by Gasteiger charge is -2.06. The van der Waals surface area contributed by atoms with Crippen LogP contribution in [0.25, 0.3) is 0 Å². The van der Waals surface area contributed by atoms with Crippen molar-refractivity contribution in [1.82, 2.24) is 4.98 Å². The second-order valence-corrected chi connectivity index (χ2v) is 4.49. The van der Waals surface area contributed by atoms with Crippen molar-refractivity contribution >= 4 is 45.2 Å². The molecule has 6 heteroatoms. The minimum atomic E-state index is -2.52. The van der Waals surface area contributed by atoms with E-state index in [-0.39, 0.29) is 5.69 Å². The van der Waals surface area contributed by atoms with Crippen molar-refractivity contribution in [2.75, 3.05) is 0 Å². The minimum Gasteiger partial charge on any atom is -0.326 e. The zero-order valence-electron chi connectivity index (χ0n) is 6.40. The molecule has 13 heavy (non-hydrogen) atoms. The molecule has 1 aromatic rings. The van der Waals surface area contributed by atoms with Crippen LogP contribution in [0.5, 0.6) is 0 Å². The second-order valence-electron chi connectivity index (χ2n) is 2.31. The second kappa shape index (κ2) is 4.78. The van der Waals surface area contributed by atoms with E-state index in [0.29, 0.717) is 13.8 Å². The SMILES string of the molecule is NCc1cc(I)c(C(F)F)nc1I. The number of pyridine rings is 1. The van der Waals surface area contributed by atoms with E-state index in [1.165, 1.54) is 0 Å². The monoisotopic (exact) mass is 410 g/mol. The van der Waals surface area contributed by atoms with Crippen LogP contribution in [-0.4, -0.2) is 4.98 Å². The van der Waals surface area contributed by atoms with E-state index in [4.69, 9.17) is 5.73 Å². The summed E-state index contributed by atoms with van der Waals surface area (Å²) in [6.07, 6.45) is -2.52. The van der Waals surface area contributed by atoms with Gasteiger partial charge in [0.15, 0.2) is 0 Å². The molecule has 0 radical (unpaired) electrons. The summed E-state index contributed by atoms with van der Waals surface area (Å²) in [7, 11) is 0. The van der Waals surface area contributed by atoms with Gasteiger partial charge >= 0.3 is 0 Å². The number of alkyl halides is 2. The normalized spacial score (nSPS) is 10.9. The summed E-state index contributed by atoms with van der Waals surface area (Å²) >= 11 is 3.75. The lowest BCUT2D eigenvalue weighted by Crippen LogP contribution is -2.05. The molecule has 0 bridgehead atoms. The van der Waals surface area contributed by atoms with Crippen LogP contribution >= 0.6 is 45.2 Å². The highest BCUT2D eigenvalue weighted by molar-refractivity contribution is 14.1. The summed E-state index contributed by atoms with van der Waals surface area (Å²) in [6, 6.07) is 1.65. The van der Waals surface area contributed by atoms with E-state index in [1.807, 2.05) is 45.2 Å². The first-order chi connectivity index (χ1) is 6.06. The maximum absolute atomic E-state index is 12.3. The molecule has 0 atom stereocenters. The molecular formula is C7H6F2I2N2. The average molecular weight is 410 g/mol. The average Bonchev–Trinajstić information content (AvgIpc) is 2.07. The Morgan fingerprint density at radius 2 is 2.08 bits per heavy atom. The molecule has 0 aliphatic rings. The summed E-state index contributed by atoms with van der Waals surface area (Å²) in [5, 5.41) is 0. The van der Waals surface area contributed by atoms with Crippen molar-refractivity contribution in [3.63, 3.8) is 0 Å². The summed E-state index contributed by atoms with van der Waals surface area (Å²) in [6.45, 7) is 0.324. The van der Waals surface area contributed by atoms with Gasteiger partial charge in [-0.05, 0) is 56.8 Å². The van der Waals surface area contributed by atoms with Gasteiger partial charge in [-0.3, -0.25) is 0 Å². The van der Waals surface area contributed by atoms with Gasteiger partial charge < -0.3 is 5.73 Å². The Kier molecular flexibility index (Phi) is 4.23. The van der Waals surface area contributed by atoms with Gasteiger partial charge in [0.1, 0.15) is 9.39 Å². The van der Waals surface area contributed by atoms with Crippen molar-refractivity contribution in [3.05, 3.63) is 24.6 Å². The Labute approximate surface area is 102 Å². The fourth-order valence-electron chi connectivity index (χ4n) is 0.814. The van der Waals surface area contributed by atoms with Gasteiger partial charge in [-0.2, -0.15) is 0 Å². The Hall–Kier alpha value is 0.430. The first-order valence-corrected chi connectivity index (χ1v) is 5.55. The van der Waals surface area contributed by atoms with Gasteiger partial charge in [-0.25, -0.2) is 13.8 Å². The lowest BCUT2D eigenvalue weighted by atomic mass is 10.2. The maximum Gasteiger partial charge on any atom is 0.281 e. The summed E-state index contributed by atoms with van der Waals surface area (Å²) in [4.78, 5) is 3.79. The van der Waals surface area contributed by atoms with Crippen LogP contribution in [0.1, 0.15) is 17.7 Å². The quantitative estimate of drug-likeness (QED) is 0.602. The van der Waals surface area contributed by atoms with Crippen molar-refractivity contribution in [2.24, 2.45) is 5.73 Å². The molecule has 0 spiro atoms. The highest BCUT2D eigenvalue weighted by Crippen LogP contribution is 2.25. The van der Waals surface area contributed by atoms with Crippen LogP contribution in [-0.2, 0) is 6.54 Å². The smallest absolute Gasteiger partial charge is 0.281 e. The Balaban J connectivity index is 3.20. The van der Waals surface area contributed by atoms with Crippen LogP contribution in [0.3, 0.4) is 0 Å². The Morgan fingerprint density at radius 1 is 1.46 bits per heavy atom. The molecule has 0 aromatic carbocycles. The molecule has 0 unspecified atom stereocenters. The number of rotatable bonds is 2. The first-order valence-electron chi connectivity index (χ1n) is 3.39. The van der Waals surface area contributed by atoms with E-state index in [1.54, 1.807) is 6.07 Å². The number of aromatic nitrogens is 1. The van der Waals surface area contributed by atoms with E-state index in [9.17, 15) is 8.78 Å². The summed E-state index contributed by atoms with van der Waals surface area (Å²) in [5.74, 6) is 0. The molecule has 1 aromatic heterocycles. The van der Waals surface area contributed by atoms with E-state index in [2.05, 4.69) is 4.98 Å². The molecule has 0 saturated heterocycles. The minimum absolute atomic E-state index is 0.165. The molecule has 0 saturated carbocycles. The predicted octanol–water partition coefficient (Wildman–Crippen LogP) is 2.69. The molecule has 0 fully saturated rings. The third kappa shape index (κ3) is 2.69. The molecule has 1 rings (SSSR count). The van der Waals surface area contributed by atoms with E-state index >= 15 is 0 Å². The molecule has 0 aliphatic heterocycles. The number of hydrogen-bond donors (Lipinski definition) is 1. The maximum atomic E-state index is 12.3. The Morgan fingerprint density at radius 3 is 2.54 bits per heavy atom. The number of nitrogens with zero attached hydrogens (tertiary/aromatic N) is 1. The van der Waals surface area contributed by atoms with Crippen molar-refractivity contribution in [2.45, 2.75) is 13.0 Å². The van der Waals surface area contributed by atoms with Gasteiger partial charge in [-0.1, -0.05) is 0 Å². The van der Waals surface area contributed by atoms with Crippen LogP contribution in [0.2, 0.25) is 0 Å². The molecule has 72 valence electrons. The number of halogens is 4. The lowest BCUT2D eigenvalue weighted by molar-refractivity contribution is 0.144. The van der Waals surface area contributed by atoms with Gasteiger partial charge in [0.2, 0.25) is 0 Å². The van der Waals surface area contributed by atoms with Crippen LogP contribution in [0, 0.1) is 7.27 Å². The van der Waals surface area contributed by atoms with Crippen molar-refractivity contribution in [1.29, 1.82) is 0 Å². The molecule has 2 nitrogen and oxygen atoms in total. The summed E-state index contributed by atoms with van der Waals surface area (Å²) in [5.41, 5.74) is 6.05. The fraction of sp³-hybridized carbons (Fsp3) is 0.286. The summed E-state index contributed by atoms with van der Waals surface area (Å²) < 4.78 is 25.7. The highest BCUT2D eigenvalue weighted by atomic mass is 127. The first kappa shape index (κ1) is 11.5. The number of nitrogens with two attached hydrogens (primary N) is 1. The van der Waals surface area contributed by atoms with Crippen molar-refractivity contribution < 1.29 is 8.78 Å². The fourth-order valence-corrected chi connectivity index (χ4v) is 2.18. The zero-order valence-corrected chi connectivity index (χ0v) is 10.7. The van der Waals surface area contributed by atoms with Gasteiger partial charge in [-0.15, -0.1) is 0 Å². The molecule has 1 heterocycles. The Bertz CT molecular complexity index is 318. The van der Waals surface area contributed by atoms with Crippen LogP contribution in [0.15, 0.2) is 6.07 Å². The standard InChI is InChI=1S/C7H6F2I2N2/c8-6(9)5-4(10)1-3(2-12)7(11)13-5/h1,6H,2,12H2. The third-order valence-electron chi connectivity index (χ3n) is 1.46. The molecule has 0 aliphatic carbocycles. The van der Waals surface area contributed by atoms with Gasteiger partial charge in [0.05, 0.1) is 0 Å². The third-order valence-corrected chi connectivity index (χ3v) is 3.25. The predicted molar refractivity (Wildman–Crippen MR) is 62.5 cm³/mol. The largest absolute Gasteiger partial charge is 0.326 e. The van der Waals surface area contributed by atoms with Gasteiger partial charge in [0, 0.05) is 10.1 Å².